The van der Waals surface area contributed by atoms with E-state index in [0.29, 0.717) is 18.0 Å². The molecular formula is C17H21N3O2. The predicted octanol–water partition coefficient (Wildman–Crippen LogP) is 2.58. The van der Waals surface area contributed by atoms with Crippen molar-refractivity contribution in [1.29, 1.82) is 0 Å². The summed E-state index contributed by atoms with van der Waals surface area (Å²) in [4.78, 5) is 16.2. The fourth-order valence-electron chi connectivity index (χ4n) is 1.80. The van der Waals surface area contributed by atoms with Crippen LogP contribution in [0.3, 0.4) is 0 Å². The van der Waals surface area contributed by atoms with Crippen LogP contribution in [0, 0.1) is 5.92 Å². The monoisotopic (exact) mass is 299 g/mol. The Morgan fingerprint density at radius 1 is 1.27 bits per heavy atom. The Labute approximate surface area is 130 Å². The van der Waals surface area contributed by atoms with Gasteiger partial charge in [-0.05, 0) is 31.2 Å². The molecule has 2 aromatic rings. The number of ether oxygens (including phenoxy) is 1. The van der Waals surface area contributed by atoms with Crippen LogP contribution in [0.1, 0.15) is 19.5 Å². The fourth-order valence-corrected chi connectivity index (χ4v) is 1.80. The molecule has 0 saturated carbocycles. The van der Waals surface area contributed by atoms with E-state index in [4.69, 9.17) is 10.5 Å². The van der Waals surface area contributed by atoms with E-state index in [1.807, 2.05) is 43.3 Å². The van der Waals surface area contributed by atoms with Crippen LogP contribution in [0.2, 0.25) is 0 Å². The molecule has 1 aromatic heterocycles. The van der Waals surface area contributed by atoms with Crippen molar-refractivity contribution in [3.05, 3.63) is 54.4 Å². The van der Waals surface area contributed by atoms with Gasteiger partial charge in [-0.1, -0.05) is 19.1 Å². The van der Waals surface area contributed by atoms with Crippen LogP contribution < -0.4 is 15.8 Å². The SMILES string of the molecule is CC(N)C(C)C(=O)Nc1cccc(OCc2ccccn2)c1. The number of hydrogen-bond donors (Lipinski definition) is 2. The molecule has 1 amide bonds. The number of nitrogens with two attached hydrogens (primary N) is 1. The number of nitrogens with zero attached hydrogens (tertiary/aromatic N) is 1. The lowest BCUT2D eigenvalue weighted by Crippen LogP contribution is -2.34. The number of rotatable bonds is 6. The highest BCUT2D eigenvalue weighted by molar-refractivity contribution is 5.92. The van der Waals surface area contributed by atoms with Gasteiger partial charge in [0.15, 0.2) is 0 Å². The molecule has 0 aliphatic rings. The molecule has 0 fully saturated rings. The van der Waals surface area contributed by atoms with Crippen LogP contribution >= 0.6 is 0 Å². The maximum Gasteiger partial charge on any atom is 0.228 e. The maximum absolute atomic E-state index is 12.0. The first-order valence-corrected chi connectivity index (χ1v) is 7.25. The van der Waals surface area contributed by atoms with Gasteiger partial charge in [-0.3, -0.25) is 9.78 Å². The molecule has 1 heterocycles. The quantitative estimate of drug-likeness (QED) is 0.859. The third-order valence-corrected chi connectivity index (χ3v) is 3.42. The summed E-state index contributed by atoms with van der Waals surface area (Å²) in [5.74, 6) is 0.326. The Hall–Kier alpha value is -2.40. The molecule has 116 valence electrons. The van der Waals surface area contributed by atoms with Crippen molar-refractivity contribution in [3.63, 3.8) is 0 Å². The number of pyridine rings is 1. The van der Waals surface area contributed by atoms with Gasteiger partial charge in [-0.25, -0.2) is 0 Å². The highest BCUT2D eigenvalue weighted by atomic mass is 16.5. The number of amides is 1. The zero-order valence-corrected chi connectivity index (χ0v) is 12.8. The van der Waals surface area contributed by atoms with Crippen molar-refractivity contribution >= 4 is 11.6 Å². The van der Waals surface area contributed by atoms with Gasteiger partial charge < -0.3 is 15.8 Å². The van der Waals surface area contributed by atoms with Crippen LogP contribution in [0.5, 0.6) is 5.75 Å². The van der Waals surface area contributed by atoms with E-state index in [1.165, 1.54) is 0 Å². The Morgan fingerprint density at radius 3 is 2.77 bits per heavy atom. The second-order valence-corrected chi connectivity index (χ2v) is 5.27. The van der Waals surface area contributed by atoms with Crippen LogP contribution in [-0.2, 0) is 11.4 Å². The summed E-state index contributed by atoms with van der Waals surface area (Å²) in [5, 5.41) is 2.85. The molecule has 0 aliphatic carbocycles. The molecule has 2 rings (SSSR count). The van der Waals surface area contributed by atoms with Gasteiger partial charge in [0.05, 0.1) is 11.6 Å². The van der Waals surface area contributed by atoms with Gasteiger partial charge >= 0.3 is 0 Å². The minimum absolute atomic E-state index is 0.100. The Bertz CT molecular complexity index is 614. The summed E-state index contributed by atoms with van der Waals surface area (Å²) in [6.45, 7) is 4.01. The van der Waals surface area contributed by atoms with Crippen molar-refractivity contribution in [2.24, 2.45) is 11.7 Å². The van der Waals surface area contributed by atoms with E-state index in [9.17, 15) is 4.79 Å². The van der Waals surface area contributed by atoms with E-state index in [0.717, 1.165) is 5.69 Å². The van der Waals surface area contributed by atoms with Gasteiger partial charge in [0.1, 0.15) is 12.4 Å². The third-order valence-electron chi connectivity index (χ3n) is 3.42. The van der Waals surface area contributed by atoms with Crippen LogP contribution in [-0.4, -0.2) is 16.9 Å². The molecule has 3 N–H and O–H groups in total. The topological polar surface area (TPSA) is 77.2 Å². The number of benzene rings is 1. The number of anilines is 1. The van der Waals surface area contributed by atoms with Crippen molar-refractivity contribution in [2.45, 2.75) is 26.5 Å². The lowest BCUT2D eigenvalue weighted by molar-refractivity contribution is -0.119. The highest BCUT2D eigenvalue weighted by Crippen LogP contribution is 2.19. The molecule has 2 unspecified atom stereocenters. The summed E-state index contributed by atoms with van der Waals surface area (Å²) in [6, 6.07) is 12.8. The van der Waals surface area contributed by atoms with E-state index >= 15 is 0 Å². The zero-order chi connectivity index (χ0) is 15.9. The van der Waals surface area contributed by atoms with E-state index in [2.05, 4.69) is 10.3 Å². The largest absolute Gasteiger partial charge is 0.487 e. The van der Waals surface area contributed by atoms with Crippen LogP contribution in [0.15, 0.2) is 48.7 Å². The molecule has 0 radical (unpaired) electrons. The minimum atomic E-state index is -0.252. The maximum atomic E-state index is 12.0. The van der Waals surface area contributed by atoms with E-state index < -0.39 is 0 Å². The summed E-state index contributed by atoms with van der Waals surface area (Å²) in [7, 11) is 0. The summed E-state index contributed by atoms with van der Waals surface area (Å²) in [6.07, 6.45) is 1.73. The summed E-state index contributed by atoms with van der Waals surface area (Å²) in [5.41, 5.74) is 7.28. The Kier molecular flexibility index (Phi) is 5.49. The number of nitrogens with one attached hydrogen (secondary N) is 1. The van der Waals surface area contributed by atoms with Gasteiger partial charge in [0.2, 0.25) is 5.91 Å². The first kappa shape index (κ1) is 16.0. The number of hydrogen-bond acceptors (Lipinski definition) is 4. The standard InChI is InChI=1S/C17H21N3O2/c1-12(13(2)18)17(21)20-14-7-5-8-16(10-14)22-11-15-6-3-4-9-19-15/h3-10,12-13H,11,18H2,1-2H3,(H,20,21). The Morgan fingerprint density at radius 2 is 2.09 bits per heavy atom. The van der Waals surface area contributed by atoms with Gasteiger partial charge in [-0.15, -0.1) is 0 Å². The van der Waals surface area contributed by atoms with Crippen molar-refractivity contribution < 1.29 is 9.53 Å². The van der Waals surface area contributed by atoms with Crippen LogP contribution in [0.4, 0.5) is 5.69 Å². The molecule has 0 aliphatic heterocycles. The minimum Gasteiger partial charge on any atom is -0.487 e. The third kappa shape index (κ3) is 4.56. The molecule has 5 nitrogen and oxygen atoms in total. The highest BCUT2D eigenvalue weighted by Gasteiger charge is 2.17. The van der Waals surface area contributed by atoms with E-state index in [1.54, 1.807) is 19.2 Å². The lowest BCUT2D eigenvalue weighted by atomic mass is 10.0. The first-order chi connectivity index (χ1) is 10.6. The normalized spacial score (nSPS) is 13.2. The molecule has 2 atom stereocenters. The molecule has 0 saturated heterocycles. The average Bonchev–Trinajstić information content (AvgIpc) is 2.53. The number of carbonyl (C=O) groups excluding carboxylic acids is 1. The Balaban J connectivity index is 1.96. The number of carbonyl (C=O) groups is 1. The second kappa shape index (κ2) is 7.56. The average molecular weight is 299 g/mol. The molecule has 22 heavy (non-hydrogen) atoms. The molecule has 5 heteroatoms. The van der Waals surface area contributed by atoms with Crippen molar-refractivity contribution in [3.8, 4) is 5.75 Å². The van der Waals surface area contributed by atoms with Gasteiger partial charge in [-0.2, -0.15) is 0 Å². The zero-order valence-electron chi connectivity index (χ0n) is 12.8. The lowest BCUT2D eigenvalue weighted by Gasteiger charge is -2.15. The molecule has 1 aromatic carbocycles. The second-order valence-electron chi connectivity index (χ2n) is 5.27. The predicted molar refractivity (Wildman–Crippen MR) is 86.5 cm³/mol. The first-order valence-electron chi connectivity index (χ1n) is 7.25. The molecular weight excluding hydrogens is 278 g/mol. The van der Waals surface area contributed by atoms with Crippen molar-refractivity contribution in [1.82, 2.24) is 4.98 Å². The molecule has 0 bridgehead atoms. The van der Waals surface area contributed by atoms with E-state index in [-0.39, 0.29) is 17.9 Å². The summed E-state index contributed by atoms with van der Waals surface area (Å²) < 4.78 is 5.68. The van der Waals surface area contributed by atoms with Gasteiger partial charge in [0.25, 0.3) is 0 Å². The van der Waals surface area contributed by atoms with Gasteiger partial charge in [0, 0.05) is 24.0 Å². The van der Waals surface area contributed by atoms with Crippen molar-refractivity contribution in [2.75, 3.05) is 5.32 Å². The van der Waals surface area contributed by atoms with Crippen LogP contribution in [0.25, 0.3) is 0 Å². The molecule has 0 spiro atoms. The fraction of sp³-hybridized carbons (Fsp3) is 0.294. The smallest absolute Gasteiger partial charge is 0.228 e. The summed E-state index contributed by atoms with van der Waals surface area (Å²) >= 11 is 0. The number of aromatic nitrogens is 1.